The molecule has 0 aromatic rings. The Bertz CT molecular complexity index is 311. The molecule has 2 rings (SSSR count). The molecular weight excluding hydrogens is 240 g/mol. The van der Waals surface area contributed by atoms with Gasteiger partial charge in [0.15, 0.2) is 0 Å². The van der Waals surface area contributed by atoms with E-state index in [2.05, 4.69) is 17.3 Å². The smallest absolute Gasteiger partial charge is 0.327 e. The summed E-state index contributed by atoms with van der Waals surface area (Å²) in [5, 5.41) is 3.30. The third kappa shape index (κ3) is 3.11. The maximum absolute atomic E-state index is 12.4. The van der Waals surface area contributed by atoms with Crippen LogP contribution < -0.4 is 5.32 Å². The minimum absolute atomic E-state index is 0.0650. The second kappa shape index (κ2) is 6.23. The molecule has 2 saturated carbocycles. The summed E-state index contributed by atoms with van der Waals surface area (Å²) in [4.78, 5) is 14.8. The molecule has 110 valence electrons. The van der Waals surface area contributed by atoms with Gasteiger partial charge in [-0.1, -0.05) is 12.8 Å². The molecule has 2 aliphatic rings. The number of hydrogen-bond acceptors (Lipinski definition) is 4. The number of carbonyl (C=O) groups is 1. The molecule has 0 heterocycles. The van der Waals surface area contributed by atoms with Crippen LogP contribution in [0.25, 0.3) is 0 Å². The summed E-state index contributed by atoms with van der Waals surface area (Å²) in [6, 6.07) is 0.640. The van der Waals surface area contributed by atoms with Crippen LogP contribution in [0, 0.1) is 5.92 Å². The molecule has 4 heteroatoms. The van der Waals surface area contributed by atoms with Crippen LogP contribution in [0.2, 0.25) is 0 Å². The Morgan fingerprint density at radius 1 is 1.32 bits per heavy atom. The van der Waals surface area contributed by atoms with Crippen LogP contribution in [0.5, 0.6) is 0 Å². The number of rotatable bonds is 7. The second-order valence-corrected chi connectivity index (χ2v) is 6.07. The highest BCUT2D eigenvalue weighted by Gasteiger charge is 2.52. The number of likely N-dealkylation sites (N-methyl/N-ethyl adjacent to an activating group) is 2. The number of carbonyl (C=O) groups excluding carboxylic acids is 1. The lowest BCUT2D eigenvalue weighted by molar-refractivity contribution is -0.153. The van der Waals surface area contributed by atoms with Crippen LogP contribution in [-0.4, -0.2) is 49.7 Å². The molecular formula is C15H28N2O2. The van der Waals surface area contributed by atoms with Gasteiger partial charge in [0, 0.05) is 12.6 Å². The van der Waals surface area contributed by atoms with Gasteiger partial charge in [0.1, 0.15) is 5.54 Å². The molecule has 0 spiro atoms. The van der Waals surface area contributed by atoms with Crippen molar-refractivity contribution in [3.05, 3.63) is 0 Å². The van der Waals surface area contributed by atoms with Gasteiger partial charge in [-0.3, -0.25) is 0 Å². The van der Waals surface area contributed by atoms with Crippen molar-refractivity contribution in [2.75, 3.05) is 27.2 Å². The summed E-state index contributed by atoms with van der Waals surface area (Å²) in [6.07, 6.45) is 7.46. The third-order valence-electron chi connectivity index (χ3n) is 4.81. The Labute approximate surface area is 116 Å². The zero-order chi connectivity index (χ0) is 13.9. The number of hydrogen-bond donors (Lipinski definition) is 1. The number of esters is 1. The Morgan fingerprint density at radius 2 is 1.95 bits per heavy atom. The van der Waals surface area contributed by atoms with Gasteiger partial charge in [0.2, 0.25) is 0 Å². The summed E-state index contributed by atoms with van der Waals surface area (Å²) in [5.41, 5.74) is -0.493. The fraction of sp³-hybridized carbons (Fsp3) is 0.933. The summed E-state index contributed by atoms with van der Waals surface area (Å²) in [7, 11) is 4.06. The van der Waals surface area contributed by atoms with E-state index in [-0.39, 0.29) is 5.97 Å². The zero-order valence-electron chi connectivity index (χ0n) is 12.6. The Morgan fingerprint density at radius 3 is 2.42 bits per heavy atom. The van der Waals surface area contributed by atoms with Gasteiger partial charge < -0.3 is 15.0 Å². The van der Waals surface area contributed by atoms with E-state index in [1.807, 2.05) is 14.0 Å². The Kier molecular flexibility index (Phi) is 4.85. The molecule has 2 aliphatic carbocycles. The fourth-order valence-electron chi connectivity index (χ4n) is 3.45. The average Bonchev–Trinajstić information content (AvgIpc) is 3.10. The van der Waals surface area contributed by atoms with Crippen LogP contribution in [0.15, 0.2) is 0 Å². The first kappa shape index (κ1) is 14.8. The van der Waals surface area contributed by atoms with Crippen molar-refractivity contribution in [1.82, 2.24) is 10.2 Å². The van der Waals surface area contributed by atoms with E-state index in [4.69, 9.17) is 4.74 Å². The lowest BCUT2D eigenvalue weighted by Gasteiger charge is -2.37. The molecule has 1 unspecified atom stereocenters. The quantitative estimate of drug-likeness (QED) is 0.715. The average molecular weight is 268 g/mol. The topological polar surface area (TPSA) is 41.6 Å². The van der Waals surface area contributed by atoms with Crippen molar-refractivity contribution in [1.29, 1.82) is 0 Å². The number of nitrogens with one attached hydrogen (secondary N) is 1. The van der Waals surface area contributed by atoms with Crippen molar-refractivity contribution < 1.29 is 9.53 Å². The molecule has 0 amide bonds. The van der Waals surface area contributed by atoms with E-state index in [1.165, 1.54) is 25.7 Å². The van der Waals surface area contributed by atoms with Crippen molar-refractivity contribution >= 4 is 5.97 Å². The highest BCUT2D eigenvalue weighted by atomic mass is 16.5. The summed E-state index contributed by atoms with van der Waals surface area (Å²) >= 11 is 0. The molecule has 0 aliphatic heterocycles. The van der Waals surface area contributed by atoms with Gasteiger partial charge >= 0.3 is 5.97 Å². The summed E-state index contributed by atoms with van der Waals surface area (Å²) in [6.45, 7) is 3.12. The molecule has 0 saturated heterocycles. The largest absolute Gasteiger partial charge is 0.465 e. The number of nitrogens with zero attached hydrogens (tertiary/aromatic N) is 1. The maximum Gasteiger partial charge on any atom is 0.327 e. The van der Waals surface area contributed by atoms with Crippen LogP contribution in [0.3, 0.4) is 0 Å². The molecule has 1 N–H and O–H groups in total. The highest BCUT2D eigenvalue weighted by Crippen LogP contribution is 2.41. The van der Waals surface area contributed by atoms with E-state index in [1.54, 1.807) is 0 Å². The van der Waals surface area contributed by atoms with Crippen molar-refractivity contribution in [3.8, 4) is 0 Å². The molecule has 1 atom stereocenters. The molecule has 0 bridgehead atoms. The van der Waals surface area contributed by atoms with Gasteiger partial charge in [-0.25, -0.2) is 4.79 Å². The SMILES string of the molecule is CCOC(=O)C(CN(C)C1CCCC1)(NC)C1CC1. The van der Waals surface area contributed by atoms with E-state index < -0.39 is 5.54 Å². The zero-order valence-corrected chi connectivity index (χ0v) is 12.6. The molecule has 19 heavy (non-hydrogen) atoms. The lowest BCUT2D eigenvalue weighted by atomic mass is 9.92. The standard InChI is InChI=1S/C15H28N2O2/c1-4-19-14(18)15(16-2,12-9-10-12)11-17(3)13-7-5-6-8-13/h12-13,16H,4-11H2,1-3H3. The van der Waals surface area contributed by atoms with Crippen LogP contribution in [-0.2, 0) is 9.53 Å². The van der Waals surface area contributed by atoms with Gasteiger partial charge in [0.25, 0.3) is 0 Å². The molecule has 2 fully saturated rings. The van der Waals surface area contributed by atoms with Crippen molar-refractivity contribution in [2.45, 2.75) is 57.0 Å². The Hall–Kier alpha value is -0.610. The normalized spacial score (nSPS) is 23.6. The molecule has 0 radical (unpaired) electrons. The van der Waals surface area contributed by atoms with Gasteiger partial charge in [-0.05, 0) is 52.6 Å². The maximum atomic E-state index is 12.4. The fourth-order valence-corrected chi connectivity index (χ4v) is 3.45. The molecule has 0 aromatic carbocycles. The molecule has 0 aromatic heterocycles. The second-order valence-electron chi connectivity index (χ2n) is 6.07. The first-order valence-corrected chi connectivity index (χ1v) is 7.70. The molecule has 4 nitrogen and oxygen atoms in total. The first-order chi connectivity index (χ1) is 9.14. The van der Waals surface area contributed by atoms with Gasteiger partial charge in [-0.15, -0.1) is 0 Å². The predicted octanol–water partition coefficient (Wildman–Crippen LogP) is 1.79. The summed E-state index contributed by atoms with van der Waals surface area (Å²) in [5.74, 6) is 0.380. The number of ether oxygens (including phenoxy) is 1. The van der Waals surface area contributed by atoms with Crippen LogP contribution in [0.4, 0.5) is 0 Å². The third-order valence-corrected chi connectivity index (χ3v) is 4.81. The first-order valence-electron chi connectivity index (χ1n) is 7.70. The van der Waals surface area contributed by atoms with Crippen LogP contribution in [0.1, 0.15) is 45.4 Å². The lowest BCUT2D eigenvalue weighted by Crippen LogP contribution is -2.60. The summed E-state index contributed by atoms with van der Waals surface area (Å²) < 4.78 is 5.34. The van der Waals surface area contributed by atoms with Gasteiger partial charge in [-0.2, -0.15) is 0 Å². The minimum Gasteiger partial charge on any atom is -0.465 e. The van der Waals surface area contributed by atoms with Gasteiger partial charge in [0.05, 0.1) is 6.61 Å². The van der Waals surface area contributed by atoms with E-state index in [0.717, 1.165) is 19.4 Å². The predicted molar refractivity (Wildman–Crippen MR) is 76.0 cm³/mol. The minimum atomic E-state index is -0.493. The van der Waals surface area contributed by atoms with E-state index in [0.29, 0.717) is 18.6 Å². The van der Waals surface area contributed by atoms with Crippen molar-refractivity contribution in [3.63, 3.8) is 0 Å². The van der Waals surface area contributed by atoms with Crippen LogP contribution >= 0.6 is 0 Å². The van der Waals surface area contributed by atoms with E-state index >= 15 is 0 Å². The monoisotopic (exact) mass is 268 g/mol. The van der Waals surface area contributed by atoms with Crippen molar-refractivity contribution in [2.24, 2.45) is 5.92 Å². The van der Waals surface area contributed by atoms with E-state index in [9.17, 15) is 4.79 Å². The Balaban J connectivity index is 2.06. The highest BCUT2D eigenvalue weighted by molar-refractivity contribution is 5.82.